The highest BCUT2D eigenvalue weighted by molar-refractivity contribution is 6.23. The Bertz CT molecular complexity index is 1480. The zero-order chi connectivity index (χ0) is 25.4. The maximum absolute atomic E-state index is 13.9. The molecular weight excluding hydrogens is 462 g/mol. The molecule has 37 heavy (non-hydrogen) atoms. The fraction of sp³-hybridized carbons (Fsp3) is 0.194. The van der Waals surface area contributed by atoms with Gasteiger partial charge in [0.25, 0.3) is 5.91 Å². The van der Waals surface area contributed by atoms with Gasteiger partial charge in [-0.2, -0.15) is 0 Å². The highest BCUT2D eigenvalue weighted by Crippen LogP contribution is 2.61. The minimum Gasteiger partial charge on any atom is -0.274 e. The minimum atomic E-state index is -0.426. The molecule has 0 radical (unpaired) electrons. The standard InChI is InChI=1S/C31H25N3O3/c1-17-11-12-18(2)34(17)32-29(35)19-13-15-20(16-14-19)33-30(36)27-25-21-7-3-4-8-22(21)26(28(27)31(33)37)24-10-6-5-9-23(24)25/h3-16,25-28H,1-2H3,(H,32,35)/t25?,26?,27-,28+. The van der Waals surface area contributed by atoms with Crippen LogP contribution in [0.2, 0.25) is 0 Å². The van der Waals surface area contributed by atoms with Gasteiger partial charge < -0.3 is 0 Å². The number of hydrogen-bond acceptors (Lipinski definition) is 3. The molecule has 6 heteroatoms. The average Bonchev–Trinajstić information content (AvgIpc) is 3.38. The number of aromatic nitrogens is 1. The quantitative estimate of drug-likeness (QED) is 0.419. The summed E-state index contributed by atoms with van der Waals surface area (Å²) in [5, 5.41) is 0. The average molecular weight is 488 g/mol. The smallest absolute Gasteiger partial charge is 0.270 e. The number of anilines is 1. The van der Waals surface area contributed by atoms with Crippen LogP contribution < -0.4 is 10.3 Å². The molecule has 0 saturated carbocycles. The third kappa shape index (κ3) is 2.96. The molecule has 4 aromatic rings. The third-order valence-corrected chi connectivity index (χ3v) is 8.32. The number of carbonyl (C=O) groups excluding carboxylic acids is 3. The molecule has 1 N–H and O–H groups in total. The Kier molecular flexibility index (Phi) is 4.58. The Hall–Kier alpha value is -4.45. The second-order valence-corrected chi connectivity index (χ2v) is 10.2. The number of carbonyl (C=O) groups is 3. The molecule has 1 aliphatic heterocycles. The van der Waals surface area contributed by atoms with Gasteiger partial charge in [0.05, 0.1) is 17.5 Å². The highest BCUT2D eigenvalue weighted by Gasteiger charge is 2.61. The van der Waals surface area contributed by atoms with Gasteiger partial charge in [-0.25, -0.2) is 4.90 Å². The molecule has 3 aromatic carbocycles. The summed E-state index contributed by atoms with van der Waals surface area (Å²) in [5.74, 6) is -1.71. The van der Waals surface area contributed by atoms with E-state index in [1.807, 2.05) is 50.2 Å². The molecule has 1 aromatic heterocycles. The Balaban J connectivity index is 1.23. The molecule has 182 valence electrons. The Morgan fingerprint density at radius 2 is 1.08 bits per heavy atom. The van der Waals surface area contributed by atoms with Crippen molar-refractivity contribution >= 4 is 23.4 Å². The van der Waals surface area contributed by atoms with Crippen LogP contribution in [0, 0.1) is 25.7 Å². The lowest BCUT2D eigenvalue weighted by atomic mass is 9.55. The van der Waals surface area contributed by atoms with Crippen molar-refractivity contribution in [2.24, 2.45) is 11.8 Å². The number of aryl methyl sites for hydroxylation is 2. The number of benzene rings is 3. The van der Waals surface area contributed by atoms with E-state index < -0.39 is 11.8 Å². The van der Waals surface area contributed by atoms with Crippen LogP contribution in [0.25, 0.3) is 0 Å². The Morgan fingerprint density at radius 3 is 1.51 bits per heavy atom. The number of hydrogen-bond donors (Lipinski definition) is 1. The predicted octanol–water partition coefficient (Wildman–Crippen LogP) is 4.89. The van der Waals surface area contributed by atoms with Gasteiger partial charge in [-0.1, -0.05) is 48.5 Å². The van der Waals surface area contributed by atoms with Gasteiger partial charge in [-0.3, -0.25) is 24.5 Å². The first kappa shape index (κ1) is 21.8. The van der Waals surface area contributed by atoms with Crippen molar-refractivity contribution in [2.75, 3.05) is 10.3 Å². The number of amides is 3. The van der Waals surface area contributed by atoms with Crippen LogP contribution >= 0.6 is 0 Å². The van der Waals surface area contributed by atoms with Crippen LogP contribution in [0.5, 0.6) is 0 Å². The normalized spacial score (nSPS) is 23.0. The maximum atomic E-state index is 13.9. The summed E-state index contributed by atoms with van der Waals surface area (Å²) in [4.78, 5) is 42.0. The molecule has 3 aliphatic carbocycles. The fourth-order valence-electron chi connectivity index (χ4n) is 6.70. The molecule has 6 nitrogen and oxygen atoms in total. The summed E-state index contributed by atoms with van der Waals surface area (Å²) in [6.07, 6.45) is 0. The van der Waals surface area contributed by atoms with E-state index in [1.165, 1.54) is 4.90 Å². The second-order valence-electron chi connectivity index (χ2n) is 10.2. The first-order valence-electron chi connectivity index (χ1n) is 12.6. The lowest BCUT2D eigenvalue weighted by Crippen LogP contribution is -2.41. The van der Waals surface area contributed by atoms with Crippen molar-refractivity contribution in [3.63, 3.8) is 0 Å². The summed E-state index contributed by atoms with van der Waals surface area (Å²) in [6.45, 7) is 3.84. The molecule has 1 saturated heterocycles. The van der Waals surface area contributed by atoms with Crippen LogP contribution in [0.15, 0.2) is 84.9 Å². The van der Waals surface area contributed by atoms with Crippen LogP contribution in [0.1, 0.15) is 55.8 Å². The molecular formula is C31H25N3O3. The minimum absolute atomic E-state index is 0.137. The van der Waals surface area contributed by atoms with E-state index in [2.05, 4.69) is 29.7 Å². The number of imide groups is 1. The summed E-state index contributed by atoms with van der Waals surface area (Å²) < 4.78 is 1.74. The summed E-state index contributed by atoms with van der Waals surface area (Å²) in [6, 6.07) is 27.0. The van der Waals surface area contributed by atoms with E-state index in [-0.39, 0.29) is 29.6 Å². The lowest BCUT2D eigenvalue weighted by molar-refractivity contribution is -0.122. The predicted molar refractivity (Wildman–Crippen MR) is 140 cm³/mol. The monoisotopic (exact) mass is 487 g/mol. The van der Waals surface area contributed by atoms with Crippen molar-refractivity contribution in [2.45, 2.75) is 25.7 Å². The topological polar surface area (TPSA) is 71.4 Å². The first-order chi connectivity index (χ1) is 18.0. The fourth-order valence-corrected chi connectivity index (χ4v) is 6.70. The number of rotatable bonds is 3. The molecule has 4 aliphatic rings. The number of nitrogens with one attached hydrogen (secondary N) is 1. The van der Waals surface area contributed by atoms with Gasteiger partial charge in [-0.15, -0.1) is 0 Å². The van der Waals surface area contributed by atoms with E-state index in [1.54, 1.807) is 28.9 Å². The van der Waals surface area contributed by atoms with Crippen LogP contribution in [-0.4, -0.2) is 22.4 Å². The molecule has 3 amide bonds. The molecule has 0 spiro atoms. The van der Waals surface area contributed by atoms with Crippen molar-refractivity contribution < 1.29 is 14.4 Å². The lowest BCUT2D eigenvalue weighted by Gasteiger charge is -2.45. The van der Waals surface area contributed by atoms with E-state index in [9.17, 15) is 14.4 Å². The maximum Gasteiger partial charge on any atom is 0.270 e. The van der Waals surface area contributed by atoms with Gasteiger partial charge in [0, 0.05) is 28.8 Å². The largest absolute Gasteiger partial charge is 0.274 e. The van der Waals surface area contributed by atoms with Gasteiger partial charge in [0.15, 0.2) is 0 Å². The number of nitrogens with zero attached hydrogens (tertiary/aromatic N) is 2. The van der Waals surface area contributed by atoms with Crippen LogP contribution in [0.4, 0.5) is 5.69 Å². The summed E-state index contributed by atoms with van der Waals surface area (Å²) in [7, 11) is 0. The molecule has 1 fully saturated rings. The van der Waals surface area contributed by atoms with E-state index in [0.717, 1.165) is 33.6 Å². The highest BCUT2D eigenvalue weighted by atomic mass is 16.2. The summed E-state index contributed by atoms with van der Waals surface area (Å²) >= 11 is 0. The molecule has 2 bridgehead atoms. The first-order valence-corrected chi connectivity index (χ1v) is 12.6. The molecule has 2 heterocycles. The van der Waals surface area contributed by atoms with Gasteiger partial charge in [0.1, 0.15) is 0 Å². The molecule has 2 atom stereocenters. The van der Waals surface area contributed by atoms with E-state index in [0.29, 0.717) is 11.3 Å². The van der Waals surface area contributed by atoms with Gasteiger partial charge >= 0.3 is 0 Å². The van der Waals surface area contributed by atoms with Gasteiger partial charge in [-0.05, 0) is 72.5 Å². The van der Waals surface area contributed by atoms with Crippen molar-refractivity contribution in [3.8, 4) is 0 Å². The zero-order valence-corrected chi connectivity index (χ0v) is 20.5. The summed E-state index contributed by atoms with van der Waals surface area (Å²) in [5.41, 5.74) is 10.3. The zero-order valence-electron chi connectivity index (χ0n) is 20.5. The van der Waals surface area contributed by atoms with Crippen LogP contribution in [-0.2, 0) is 9.59 Å². The SMILES string of the molecule is Cc1ccc(C)n1NC(=O)c1ccc(N2C(=O)[C@@H]3C4c5ccccc5C(c5ccccc54)[C@@H]3C2=O)cc1. The van der Waals surface area contributed by atoms with E-state index >= 15 is 0 Å². The van der Waals surface area contributed by atoms with E-state index in [4.69, 9.17) is 0 Å². The van der Waals surface area contributed by atoms with Crippen LogP contribution in [0.3, 0.4) is 0 Å². The Morgan fingerprint density at radius 1 is 0.649 bits per heavy atom. The molecule has 8 rings (SSSR count). The van der Waals surface area contributed by atoms with Gasteiger partial charge in [0.2, 0.25) is 11.8 Å². The van der Waals surface area contributed by atoms with Crippen molar-refractivity contribution in [1.82, 2.24) is 4.68 Å². The second kappa shape index (κ2) is 7.77. The third-order valence-electron chi connectivity index (χ3n) is 8.32. The van der Waals surface area contributed by atoms with Crippen molar-refractivity contribution in [3.05, 3.63) is 124 Å². The Labute approximate surface area is 214 Å². The van der Waals surface area contributed by atoms with Crippen molar-refractivity contribution in [1.29, 1.82) is 0 Å². The molecule has 0 unspecified atom stereocenters.